The van der Waals surface area contributed by atoms with Gasteiger partial charge in [-0.05, 0) is 24.1 Å². The van der Waals surface area contributed by atoms with Crippen LogP contribution in [0.4, 0.5) is 0 Å². The molecule has 0 fully saturated rings. The van der Waals surface area contributed by atoms with Gasteiger partial charge in [0.25, 0.3) is 0 Å². The summed E-state index contributed by atoms with van der Waals surface area (Å²) in [5.74, 6) is -1.73. The monoisotopic (exact) mass is 290 g/mol. The highest BCUT2D eigenvalue weighted by atomic mass is 32.2. The van der Waals surface area contributed by atoms with E-state index in [2.05, 4.69) is 0 Å². The van der Waals surface area contributed by atoms with Crippen molar-refractivity contribution < 1.29 is 33.4 Å². The highest BCUT2D eigenvalue weighted by Gasteiger charge is 2.20. The van der Waals surface area contributed by atoms with Gasteiger partial charge in [-0.15, -0.1) is 0 Å². The van der Waals surface area contributed by atoms with E-state index in [1.165, 1.54) is 24.3 Å². The number of sulfonamides is 1. The molecule has 19 heavy (non-hydrogen) atoms. The lowest BCUT2D eigenvalue weighted by atomic mass is 9.82. The molecule has 0 aliphatic rings. The fraction of sp³-hybridized carbons (Fsp3) is 0.222. The SMILES string of the molecule is O=C(O)c1cccc(CS(=O)(=O)NC[B-](O)(O)O)c1. The lowest BCUT2D eigenvalue weighted by Gasteiger charge is -2.20. The van der Waals surface area contributed by atoms with Gasteiger partial charge in [-0.2, -0.15) is 0 Å². The number of nitrogens with one attached hydrogen (secondary N) is 1. The van der Waals surface area contributed by atoms with Crippen molar-refractivity contribution in [3.8, 4) is 0 Å². The Morgan fingerprint density at radius 2 is 1.89 bits per heavy atom. The third-order valence-corrected chi connectivity index (χ3v) is 3.43. The molecule has 0 aliphatic heterocycles. The summed E-state index contributed by atoms with van der Waals surface area (Å²) >= 11 is 0. The first-order valence-corrected chi connectivity index (χ1v) is 6.87. The molecule has 0 heterocycles. The van der Waals surface area contributed by atoms with Crippen molar-refractivity contribution in [1.29, 1.82) is 0 Å². The summed E-state index contributed by atoms with van der Waals surface area (Å²) in [5.41, 5.74) is 0.164. The second kappa shape index (κ2) is 5.67. The van der Waals surface area contributed by atoms with Gasteiger partial charge in [-0.25, -0.2) is 17.9 Å². The lowest BCUT2D eigenvalue weighted by Crippen LogP contribution is -2.48. The number of rotatable bonds is 6. The zero-order valence-corrected chi connectivity index (χ0v) is 10.5. The molecule has 5 N–H and O–H groups in total. The van der Waals surface area contributed by atoms with Gasteiger partial charge in [-0.1, -0.05) is 12.1 Å². The highest BCUT2D eigenvalue weighted by molar-refractivity contribution is 7.88. The van der Waals surface area contributed by atoms with Crippen LogP contribution in [0, 0.1) is 0 Å². The molecule has 0 saturated carbocycles. The zero-order valence-electron chi connectivity index (χ0n) is 9.72. The fourth-order valence-electron chi connectivity index (χ4n) is 1.30. The molecule has 0 unspecified atom stereocenters. The van der Waals surface area contributed by atoms with E-state index < -0.39 is 34.9 Å². The number of hydrogen-bond acceptors (Lipinski definition) is 6. The maximum atomic E-state index is 11.5. The first-order valence-electron chi connectivity index (χ1n) is 5.22. The average molecular weight is 290 g/mol. The summed E-state index contributed by atoms with van der Waals surface area (Å²) in [6, 6.07) is 5.32. The van der Waals surface area contributed by atoms with Gasteiger partial charge in [-0.3, -0.25) is 0 Å². The van der Waals surface area contributed by atoms with E-state index in [4.69, 9.17) is 20.2 Å². The summed E-state index contributed by atoms with van der Waals surface area (Å²) in [6.45, 7) is -3.75. The van der Waals surface area contributed by atoms with Crippen LogP contribution in [0.1, 0.15) is 15.9 Å². The quantitative estimate of drug-likeness (QED) is 0.391. The van der Waals surface area contributed by atoms with E-state index >= 15 is 0 Å². The molecule has 0 aliphatic carbocycles. The number of benzene rings is 1. The van der Waals surface area contributed by atoms with Crippen LogP contribution in [0.2, 0.25) is 0 Å². The van der Waals surface area contributed by atoms with E-state index in [-0.39, 0.29) is 11.1 Å². The van der Waals surface area contributed by atoms with E-state index in [1.54, 1.807) is 4.72 Å². The fourth-order valence-corrected chi connectivity index (χ4v) is 2.50. The van der Waals surface area contributed by atoms with Crippen molar-refractivity contribution in [2.75, 3.05) is 6.44 Å². The van der Waals surface area contributed by atoms with Gasteiger partial charge in [0.2, 0.25) is 10.0 Å². The van der Waals surface area contributed by atoms with Crippen LogP contribution in [0.25, 0.3) is 0 Å². The molecule has 1 aromatic carbocycles. The first kappa shape index (κ1) is 15.6. The minimum absolute atomic E-state index is 0.0576. The molecule has 0 spiro atoms. The van der Waals surface area contributed by atoms with Crippen molar-refractivity contribution in [2.24, 2.45) is 0 Å². The Hall–Kier alpha value is -1.46. The van der Waals surface area contributed by atoms with Crippen LogP contribution < -0.4 is 4.72 Å². The largest absolute Gasteiger partial charge is 0.559 e. The van der Waals surface area contributed by atoms with Gasteiger partial charge < -0.3 is 20.2 Å². The molecule has 0 radical (unpaired) electrons. The second-order valence-electron chi connectivity index (χ2n) is 4.01. The van der Waals surface area contributed by atoms with Crippen molar-refractivity contribution in [2.45, 2.75) is 5.75 Å². The van der Waals surface area contributed by atoms with Crippen molar-refractivity contribution >= 4 is 22.7 Å². The molecule has 0 atom stereocenters. The minimum Gasteiger partial charge on any atom is -0.559 e. The Morgan fingerprint density at radius 1 is 1.26 bits per heavy atom. The number of hydrogen-bond donors (Lipinski definition) is 5. The smallest absolute Gasteiger partial charge is 0.386 e. The van der Waals surface area contributed by atoms with Gasteiger partial charge >= 0.3 is 12.7 Å². The van der Waals surface area contributed by atoms with Crippen LogP contribution in [0.5, 0.6) is 0 Å². The van der Waals surface area contributed by atoms with Gasteiger partial charge in [0, 0.05) is 0 Å². The summed E-state index contributed by atoms with van der Waals surface area (Å²) in [6.07, 6.45) is -0.930. The summed E-state index contributed by atoms with van der Waals surface area (Å²) in [5, 5.41) is 34.7. The summed E-state index contributed by atoms with van der Waals surface area (Å²) in [4.78, 5) is 10.7. The minimum atomic E-state index is -3.92. The predicted molar refractivity (Wildman–Crippen MR) is 66.4 cm³/mol. The molecule has 106 valence electrons. The normalized spacial score (nSPS) is 12.4. The Bertz CT molecular complexity index is 566. The van der Waals surface area contributed by atoms with Gasteiger partial charge in [0.1, 0.15) is 0 Å². The van der Waals surface area contributed by atoms with E-state index in [0.29, 0.717) is 0 Å². The molecule has 1 rings (SSSR count). The average Bonchev–Trinajstić information content (AvgIpc) is 2.25. The topological polar surface area (TPSA) is 144 Å². The summed E-state index contributed by atoms with van der Waals surface area (Å²) < 4.78 is 24.9. The molecule has 0 amide bonds. The van der Waals surface area contributed by atoms with Gasteiger partial charge in [0.15, 0.2) is 0 Å². The molecular weight excluding hydrogens is 277 g/mol. The maximum absolute atomic E-state index is 11.5. The first-order chi connectivity index (χ1) is 8.59. The van der Waals surface area contributed by atoms with Crippen LogP contribution in [0.3, 0.4) is 0 Å². The second-order valence-corrected chi connectivity index (χ2v) is 5.81. The van der Waals surface area contributed by atoms with Crippen LogP contribution in [-0.4, -0.2) is 47.8 Å². The number of carboxylic acid groups (broad SMARTS) is 1. The molecular formula is C9H13BNO7S-. The van der Waals surface area contributed by atoms with Crippen LogP contribution in [0.15, 0.2) is 24.3 Å². The van der Waals surface area contributed by atoms with Gasteiger partial charge in [0.05, 0.1) is 11.3 Å². The Balaban J connectivity index is 2.78. The third kappa shape index (κ3) is 5.81. The maximum Gasteiger partial charge on any atom is 0.386 e. The van der Waals surface area contributed by atoms with Crippen LogP contribution >= 0.6 is 0 Å². The van der Waals surface area contributed by atoms with Crippen LogP contribution in [-0.2, 0) is 15.8 Å². The van der Waals surface area contributed by atoms with E-state index in [1.807, 2.05) is 0 Å². The highest BCUT2D eigenvalue weighted by Crippen LogP contribution is 2.08. The zero-order chi connectivity index (χ0) is 14.7. The predicted octanol–water partition coefficient (Wildman–Crippen LogP) is -1.74. The van der Waals surface area contributed by atoms with Crippen molar-refractivity contribution in [3.63, 3.8) is 0 Å². The Morgan fingerprint density at radius 3 is 2.42 bits per heavy atom. The Kier molecular flexibility index (Phi) is 4.66. The molecule has 10 heteroatoms. The van der Waals surface area contributed by atoms with Crippen molar-refractivity contribution in [1.82, 2.24) is 4.72 Å². The summed E-state index contributed by atoms with van der Waals surface area (Å²) in [7, 11) is -3.92. The molecule has 0 aromatic heterocycles. The number of carboxylic acids is 1. The third-order valence-electron chi connectivity index (χ3n) is 2.11. The molecule has 8 nitrogen and oxygen atoms in total. The Labute approximate surface area is 109 Å². The molecule has 1 aromatic rings. The standard InChI is InChI=1S/C9H13BNO7S/c12-9(13)8-3-1-2-7(4-8)5-19(17,18)11-6-10(14,15)16/h1-4,11,14-16H,5-6H2,(H,12,13)/q-1. The van der Waals surface area contributed by atoms with E-state index in [9.17, 15) is 13.2 Å². The number of carbonyl (C=O) groups is 1. The van der Waals surface area contributed by atoms with Crippen molar-refractivity contribution in [3.05, 3.63) is 35.4 Å². The lowest BCUT2D eigenvalue weighted by molar-refractivity contribution is 0.0696. The number of aromatic carboxylic acids is 1. The van der Waals surface area contributed by atoms with E-state index in [0.717, 1.165) is 0 Å². The molecule has 0 saturated heterocycles. The molecule has 0 bridgehead atoms.